The maximum atomic E-state index is 12.4. The zero-order valence-corrected chi connectivity index (χ0v) is 15.4. The van der Waals surface area contributed by atoms with E-state index in [0.717, 1.165) is 23.3 Å². The lowest BCUT2D eigenvalue weighted by Crippen LogP contribution is -2.44. The summed E-state index contributed by atoms with van der Waals surface area (Å²) in [6.07, 6.45) is 2.88. The quantitative estimate of drug-likeness (QED) is 0.561. The summed E-state index contributed by atoms with van der Waals surface area (Å²) >= 11 is 5.79. The third-order valence-electron chi connectivity index (χ3n) is 4.76. The highest BCUT2D eigenvalue weighted by molar-refractivity contribution is 6.30. The van der Waals surface area contributed by atoms with E-state index in [9.17, 15) is 19.2 Å². The van der Waals surface area contributed by atoms with Crippen molar-refractivity contribution in [3.8, 4) is 0 Å². The van der Waals surface area contributed by atoms with E-state index >= 15 is 0 Å². The van der Waals surface area contributed by atoms with Gasteiger partial charge in [0.15, 0.2) is 6.61 Å². The van der Waals surface area contributed by atoms with Gasteiger partial charge in [-0.2, -0.15) is 0 Å². The summed E-state index contributed by atoms with van der Waals surface area (Å²) in [4.78, 5) is 49.0. The lowest BCUT2D eigenvalue weighted by atomic mass is 9.98. The van der Waals surface area contributed by atoms with Gasteiger partial charge >= 0.3 is 12.0 Å². The van der Waals surface area contributed by atoms with Crippen molar-refractivity contribution in [1.82, 2.24) is 15.5 Å². The lowest BCUT2D eigenvalue weighted by molar-refractivity contribution is -0.151. The molecule has 0 atom stereocenters. The minimum atomic E-state index is -0.868. The number of urea groups is 1. The van der Waals surface area contributed by atoms with Gasteiger partial charge in [0.1, 0.15) is 12.1 Å². The number of ether oxygens (including phenoxy) is 1. The summed E-state index contributed by atoms with van der Waals surface area (Å²) in [6.45, 7) is -0.721. The van der Waals surface area contributed by atoms with Crippen molar-refractivity contribution in [3.63, 3.8) is 0 Å². The molecule has 1 aromatic carbocycles. The van der Waals surface area contributed by atoms with E-state index in [-0.39, 0.29) is 6.54 Å². The molecular formula is C18H20ClN3O5. The van der Waals surface area contributed by atoms with Crippen LogP contribution in [0.15, 0.2) is 24.3 Å². The van der Waals surface area contributed by atoms with Gasteiger partial charge in [-0.05, 0) is 30.5 Å². The fraction of sp³-hybridized carbons (Fsp3) is 0.444. The van der Waals surface area contributed by atoms with Gasteiger partial charge in [-0.1, -0.05) is 36.6 Å². The number of imide groups is 1. The van der Waals surface area contributed by atoms with E-state index in [1.54, 1.807) is 24.3 Å². The van der Waals surface area contributed by atoms with E-state index in [1.807, 2.05) is 0 Å². The average molecular weight is 394 g/mol. The molecular weight excluding hydrogens is 374 g/mol. The van der Waals surface area contributed by atoms with Crippen molar-refractivity contribution in [3.05, 3.63) is 34.9 Å². The van der Waals surface area contributed by atoms with Crippen molar-refractivity contribution in [2.45, 2.75) is 37.8 Å². The first-order valence-corrected chi connectivity index (χ1v) is 9.08. The number of nitrogens with one attached hydrogen (secondary N) is 2. The molecule has 1 spiro atoms. The van der Waals surface area contributed by atoms with Crippen molar-refractivity contribution >= 4 is 35.4 Å². The first-order valence-electron chi connectivity index (χ1n) is 8.70. The minimum absolute atomic E-state index is 0.267. The molecule has 1 aromatic rings. The molecule has 1 aliphatic heterocycles. The fourth-order valence-electron chi connectivity index (χ4n) is 3.31. The number of hydrogen-bond acceptors (Lipinski definition) is 5. The van der Waals surface area contributed by atoms with E-state index in [2.05, 4.69) is 10.6 Å². The third-order valence-corrected chi connectivity index (χ3v) is 5.01. The first kappa shape index (κ1) is 19.2. The molecule has 1 heterocycles. The summed E-state index contributed by atoms with van der Waals surface area (Å²) in [5.74, 6) is -1.69. The average Bonchev–Trinajstić information content (AvgIpc) is 3.20. The number of rotatable bonds is 6. The number of benzene rings is 1. The second kappa shape index (κ2) is 7.96. The van der Waals surface area contributed by atoms with Crippen LogP contribution >= 0.6 is 11.6 Å². The van der Waals surface area contributed by atoms with Gasteiger partial charge in [0.25, 0.3) is 11.8 Å². The van der Waals surface area contributed by atoms with E-state index in [0.29, 0.717) is 17.9 Å². The Kier molecular flexibility index (Phi) is 5.65. The Morgan fingerprint density at radius 3 is 2.52 bits per heavy atom. The summed E-state index contributed by atoms with van der Waals surface area (Å²) in [5, 5.41) is 5.88. The van der Waals surface area contributed by atoms with Crippen LogP contribution in [0.25, 0.3) is 0 Å². The number of amides is 4. The second-order valence-electron chi connectivity index (χ2n) is 6.67. The summed E-state index contributed by atoms with van der Waals surface area (Å²) in [7, 11) is 0. The van der Waals surface area contributed by atoms with E-state index in [4.69, 9.17) is 16.3 Å². The van der Waals surface area contributed by atoms with Crippen LogP contribution < -0.4 is 10.6 Å². The first-order chi connectivity index (χ1) is 12.9. The van der Waals surface area contributed by atoms with E-state index < -0.39 is 42.5 Å². The zero-order valence-electron chi connectivity index (χ0n) is 14.6. The largest absolute Gasteiger partial charge is 0.454 e. The van der Waals surface area contributed by atoms with Crippen LogP contribution in [0.1, 0.15) is 31.2 Å². The molecule has 0 radical (unpaired) electrons. The molecule has 1 aliphatic carbocycles. The van der Waals surface area contributed by atoms with Gasteiger partial charge in [-0.25, -0.2) is 4.79 Å². The lowest BCUT2D eigenvalue weighted by Gasteiger charge is -2.19. The van der Waals surface area contributed by atoms with Gasteiger partial charge in [0, 0.05) is 11.6 Å². The molecule has 0 unspecified atom stereocenters. The predicted octanol–water partition coefficient (Wildman–Crippen LogP) is 1.36. The van der Waals surface area contributed by atoms with Gasteiger partial charge < -0.3 is 15.4 Å². The molecule has 1 saturated heterocycles. The Balaban J connectivity index is 1.42. The number of hydrogen-bond donors (Lipinski definition) is 2. The van der Waals surface area contributed by atoms with Crippen molar-refractivity contribution in [1.29, 1.82) is 0 Å². The monoisotopic (exact) mass is 393 g/mol. The summed E-state index contributed by atoms with van der Waals surface area (Å²) < 4.78 is 4.88. The topological polar surface area (TPSA) is 105 Å². The number of nitrogens with zero attached hydrogens (tertiary/aromatic N) is 1. The number of carbonyl (C=O) groups is 4. The molecule has 4 amide bonds. The molecule has 2 N–H and O–H groups in total. The molecule has 144 valence electrons. The highest BCUT2D eigenvalue weighted by atomic mass is 35.5. The molecule has 2 fully saturated rings. The predicted molar refractivity (Wildman–Crippen MR) is 95.7 cm³/mol. The van der Waals surface area contributed by atoms with Gasteiger partial charge in [0.2, 0.25) is 0 Å². The smallest absolute Gasteiger partial charge is 0.326 e. The van der Waals surface area contributed by atoms with Crippen LogP contribution in [0.3, 0.4) is 0 Å². The molecule has 27 heavy (non-hydrogen) atoms. The Hall–Kier alpha value is -2.61. The Morgan fingerprint density at radius 2 is 1.85 bits per heavy atom. The fourth-order valence-corrected chi connectivity index (χ4v) is 3.44. The van der Waals surface area contributed by atoms with Crippen LogP contribution in [0.2, 0.25) is 5.02 Å². The van der Waals surface area contributed by atoms with E-state index in [1.165, 1.54) is 0 Å². The zero-order chi connectivity index (χ0) is 19.4. The molecule has 3 rings (SSSR count). The van der Waals surface area contributed by atoms with Crippen LogP contribution in [0.5, 0.6) is 0 Å². The van der Waals surface area contributed by atoms with Crippen LogP contribution in [0, 0.1) is 0 Å². The second-order valence-corrected chi connectivity index (χ2v) is 7.11. The Morgan fingerprint density at radius 1 is 1.19 bits per heavy atom. The van der Waals surface area contributed by atoms with Gasteiger partial charge in [0.05, 0.1) is 0 Å². The highest BCUT2D eigenvalue weighted by Gasteiger charge is 2.52. The van der Waals surface area contributed by atoms with Crippen LogP contribution in [-0.4, -0.2) is 47.4 Å². The maximum Gasteiger partial charge on any atom is 0.326 e. The molecule has 1 saturated carbocycles. The SMILES string of the molecule is O=C(COC(=O)CN1C(=O)NC2(CCCC2)C1=O)NCc1ccc(Cl)cc1. The van der Waals surface area contributed by atoms with Crippen LogP contribution in [-0.2, 0) is 25.7 Å². The van der Waals surface area contributed by atoms with Gasteiger partial charge in [-0.3, -0.25) is 19.3 Å². The summed E-state index contributed by atoms with van der Waals surface area (Å²) in [6, 6.07) is 6.36. The van der Waals surface area contributed by atoms with Crippen molar-refractivity contribution < 1.29 is 23.9 Å². The highest BCUT2D eigenvalue weighted by Crippen LogP contribution is 2.34. The number of halogens is 1. The minimum Gasteiger partial charge on any atom is -0.454 e. The number of carbonyl (C=O) groups excluding carboxylic acids is 4. The molecule has 0 aromatic heterocycles. The van der Waals surface area contributed by atoms with Crippen molar-refractivity contribution in [2.24, 2.45) is 0 Å². The Labute approximate surface area is 161 Å². The Bertz CT molecular complexity index is 759. The van der Waals surface area contributed by atoms with Gasteiger partial charge in [-0.15, -0.1) is 0 Å². The molecule has 2 aliphatic rings. The number of esters is 1. The third kappa shape index (κ3) is 4.39. The summed E-state index contributed by atoms with van der Waals surface area (Å²) in [5.41, 5.74) is -0.0203. The van der Waals surface area contributed by atoms with Crippen molar-refractivity contribution in [2.75, 3.05) is 13.2 Å². The molecule has 8 nitrogen and oxygen atoms in total. The molecule has 9 heteroatoms. The van der Waals surface area contributed by atoms with Crippen LogP contribution in [0.4, 0.5) is 4.79 Å². The normalized spacial score (nSPS) is 17.9. The standard InChI is InChI=1S/C18H20ClN3O5/c19-13-5-3-12(4-6-13)9-20-14(23)11-27-15(24)10-22-16(25)18(21-17(22)26)7-1-2-8-18/h3-6H,1-2,7-11H2,(H,20,23)(H,21,26). The maximum absolute atomic E-state index is 12.4. The molecule has 0 bridgehead atoms.